The van der Waals surface area contributed by atoms with Crippen molar-refractivity contribution in [2.75, 3.05) is 5.73 Å². The van der Waals surface area contributed by atoms with Gasteiger partial charge < -0.3 is 21.1 Å². The second-order valence-electron chi connectivity index (χ2n) is 5.74. The average molecular weight is 336 g/mol. The summed E-state index contributed by atoms with van der Waals surface area (Å²) < 4.78 is 0. The number of fused-ring (bicyclic) bond motifs is 1. The smallest absolute Gasteiger partial charge is 0.348 e. The SMILES string of the molecule is Nc1c(C(=O)O)sc2nc(C3CCC(O)CC3)cc(C(=O)O)c12. The molecule has 122 valence electrons. The van der Waals surface area contributed by atoms with Crippen LogP contribution >= 0.6 is 11.3 Å². The Morgan fingerprint density at radius 3 is 2.39 bits per heavy atom. The summed E-state index contributed by atoms with van der Waals surface area (Å²) in [6.07, 6.45) is 2.45. The number of aliphatic hydroxyl groups excluding tert-OH is 1. The van der Waals surface area contributed by atoms with E-state index >= 15 is 0 Å². The monoisotopic (exact) mass is 336 g/mol. The van der Waals surface area contributed by atoms with Crippen molar-refractivity contribution in [3.63, 3.8) is 0 Å². The highest BCUT2D eigenvalue weighted by Gasteiger charge is 2.27. The first-order valence-corrected chi connectivity index (χ1v) is 8.07. The largest absolute Gasteiger partial charge is 0.478 e. The number of nitrogen functional groups attached to an aromatic ring is 1. The molecule has 0 aliphatic heterocycles. The number of carboxylic acid groups (broad SMARTS) is 2. The van der Waals surface area contributed by atoms with Crippen LogP contribution in [0.5, 0.6) is 0 Å². The van der Waals surface area contributed by atoms with Gasteiger partial charge in [-0.1, -0.05) is 0 Å². The lowest BCUT2D eigenvalue weighted by Gasteiger charge is -2.25. The van der Waals surface area contributed by atoms with E-state index in [4.69, 9.17) is 5.73 Å². The van der Waals surface area contributed by atoms with E-state index in [1.807, 2.05) is 0 Å². The normalized spacial score (nSPS) is 21.4. The van der Waals surface area contributed by atoms with Crippen molar-refractivity contribution in [2.45, 2.75) is 37.7 Å². The van der Waals surface area contributed by atoms with Gasteiger partial charge in [0.25, 0.3) is 0 Å². The third kappa shape index (κ3) is 2.75. The second-order valence-corrected chi connectivity index (χ2v) is 6.73. The Morgan fingerprint density at radius 2 is 1.83 bits per heavy atom. The summed E-state index contributed by atoms with van der Waals surface area (Å²) in [6.45, 7) is 0. The van der Waals surface area contributed by atoms with Crippen LogP contribution < -0.4 is 5.73 Å². The summed E-state index contributed by atoms with van der Waals surface area (Å²) in [4.78, 5) is 27.5. The first-order valence-electron chi connectivity index (χ1n) is 7.26. The van der Waals surface area contributed by atoms with Crippen LogP contribution in [0.2, 0.25) is 0 Å². The zero-order valence-electron chi connectivity index (χ0n) is 12.2. The second kappa shape index (κ2) is 5.78. The third-order valence-electron chi connectivity index (χ3n) is 4.26. The van der Waals surface area contributed by atoms with Crippen LogP contribution in [0.1, 0.15) is 57.3 Å². The molecule has 3 rings (SSSR count). The number of hydrogen-bond donors (Lipinski definition) is 4. The van der Waals surface area contributed by atoms with Gasteiger partial charge in [-0.25, -0.2) is 14.6 Å². The fourth-order valence-corrected chi connectivity index (χ4v) is 4.01. The number of carboxylic acids is 2. The van der Waals surface area contributed by atoms with E-state index in [1.165, 1.54) is 6.07 Å². The van der Waals surface area contributed by atoms with Crippen molar-refractivity contribution < 1.29 is 24.9 Å². The molecule has 1 aliphatic rings. The molecular weight excluding hydrogens is 320 g/mol. The molecule has 0 radical (unpaired) electrons. The molecule has 0 bridgehead atoms. The van der Waals surface area contributed by atoms with E-state index in [-0.39, 0.29) is 33.5 Å². The minimum Gasteiger partial charge on any atom is -0.478 e. The molecular formula is C15H16N2O5S. The number of hydrogen-bond acceptors (Lipinski definition) is 6. The molecule has 7 nitrogen and oxygen atoms in total. The fourth-order valence-electron chi connectivity index (χ4n) is 3.05. The van der Waals surface area contributed by atoms with Crippen LogP contribution in [0.4, 0.5) is 5.69 Å². The zero-order chi connectivity index (χ0) is 16.7. The number of nitrogens with two attached hydrogens (primary N) is 1. The van der Waals surface area contributed by atoms with Gasteiger partial charge in [0.15, 0.2) is 0 Å². The molecule has 0 aromatic carbocycles. The number of aromatic carboxylic acids is 2. The lowest BCUT2D eigenvalue weighted by Crippen LogP contribution is -2.18. The maximum atomic E-state index is 11.6. The average Bonchev–Trinajstić information content (AvgIpc) is 2.84. The molecule has 8 heteroatoms. The maximum Gasteiger partial charge on any atom is 0.348 e. The van der Waals surface area contributed by atoms with Crippen LogP contribution in [0.25, 0.3) is 10.2 Å². The van der Waals surface area contributed by atoms with Gasteiger partial charge in [0.1, 0.15) is 9.71 Å². The molecule has 2 aromatic rings. The van der Waals surface area contributed by atoms with Crippen molar-refractivity contribution >= 4 is 39.2 Å². The number of nitrogens with zero attached hydrogens (tertiary/aromatic N) is 1. The van der Waals surface area contributed by atoms with Crippen molar-refractivity contribution in [3.05, 3.63) is 22.2 Å². The van der Waals surface area contributed by atoms with Gasteiger partial charge in [0.2, 0.25) is 0 Å². The van der Waals surface area contributed by atoms with Gasteiger partial charge in [0.05, 0.1) is 17.4 Å². The highest BCUT2D eigenvalue weighted by molar-refractivity contribution is 7.21. The predicted octanol–water partition coefficient (Wildman–Crippen LogP) is 2.29. The van der Waals surface area contributed by atoms with Crippen LogP contribution in [-0.2, 0) is 0 Å². The van der Waals surface area contributed by atoms with Gasteiger partial charge in [-0.15, -0.1) is 11.3 Å². The molecule has 5 N–H and O–H groups in total. The molecule has 0 atom stereocenters. The minimum absolute atomic E-state index is 0.0163. The Hall–Kier alpha value is -2.19. The van der Waals surface area contributed by atoms with E-state index < -0.39 is 11.9 Å². The highest BCUT2D eigenvalue weighted by Crippen LogP contribution is 2.39. The lowest BCUT2D eigenvalue weighted by molar-refractivity contribution is 0.0688. The van der Waals surface area contributed by atoms with Crippen molar-refractivity contribution in [1.29, 1.82) is 0 Å². The van der Waals surface area contributed by atoms with Gasteiger partial charge >= 0.3 is 11.9 Å². The lowest BCUT2D eigenvalue weighted by atomic mass is 9.84. The van der Waals surface area contributed by atoms with E-state index in [0.29, 0.717) is 23.4 Å². The number of anilines is 1. The van der Waals surface area contributed by atoms with Gasteiger partial charge in [-0.2, -0.15) is 0 Å². The fraction of sp³-hybridized carbons (Fsp3) is 0.400. The Kier molecular flexibility index (Phi) is 3.95. The molecule has 1 aliphatic carbocycles. The van der Waals surface area contributed by atoms with E-state index in [2.05, 4.69) is 4.98 Å². The van der Waals surface area contributed by atoms with Gasteiger partial charge in [-0.3, -0.25) is 0 Å². The summed E-state index contributed by atoms with van der Waals surface area (Å²) in [5.74, 6) is -2.28. The van der Waals surface area contributed by atoms with Crippen LogP contribution in [0.15, 0.2) is 6.07 Å². The standard InChI is InChI=1S/C15H16N2O5S/c16-11-10-8(14(19)20)5-9(6-1-3-7(18)4-2-6)17-13(10)23-12(11)15(21)22/h5-7,18H,1-4,16H2,(H,19,20)(H,21,22). The maximum absolute atomic E-state index is 11.6. The molecule has 0 saturated heterocycles. The van der Waals surface area contributed by atoms with Crippen LogP contribution in [-0.4, -0.2) is 38.3 Å². The first-order chi connectivity index (χ1) is 10.9. The Morgan fingerprint density at radius 1 is 1.17 bits per heavy atom. The molecule has 2 aromatic heterocycles. The molecule has 2 heterocycles. The molecule has 1 fully saturated rings. The van der Waals surface area contributed by atoms with E-state index in [9.17, 15) is 24.9 Å². The Bertz CT molecular complexity index is 793. The number of rotatable bonds is 3. The number of aliphatic hydroxyl groups is 1. The quantitative estimate of drug-likeness (QED) is 0.675. The van der Waals surface area contributed by atoms with Crippen LogP contribution in [0.3, 0.4) is 0 Å². The van der Waals surface area contributed by atoms with Gasteiger partial charge in [-0.05, 0) is 31.7 Å². The highest BCUT2D eigenvalue weighted by atomic mass is 32.1. The number of aromatic nitrogens is 1. The Labute approximate surface area is 135 Å². The molecule has 0 unspecified atom stereocenters. The molecule has 1 saturated carbocycles. The summed E-state index contributed by atoms with van der Waals surface area (Å²) in [5.41, 5.74) is 6.38. The Balaban J connectivity index is 2.15. The van der Waals surface area contributed by atoms with Crippen molar-refractivity contribution in [3.8, 4) is 0 Å². The summed E-state index contributed by atoms with van der Waals surface area (Å²) in [6, 6.07) is 1.49. The summed E-state index contributed by atoms with van der Waals surface area (Å²) in [7, 11) is 0. The number of thiophene rings is 1. The topological polar surface area (TPSA) is 134 Å². The molecule has 23 heavy (non-hydrogen) atoms. The van der Waals surface area contributed by atoms with Crippen molar-refractivity contribution in [2.24, 2.45) is 0 Å². The van der Waals surface area contributed by atoms with E-state index in [0.717, 1.165) is 24.2 Å². The minimum atomic E-state index is -1.19. The summed E-state index contributed by atoms with van der Waals surface area (Å²) >= 11 is 0.894. The molecule has 0 amide bonds. The zero-order valence-corrected chi connectivity index (χ0v) is 13.0. The number of pyridine rings is 1. The number of carbonyl (C=O) groups is 2. The first kappa shape index (κ1) is 15.7. The van der Waals surface area contributed by atoms with Gasteiger partial charge in [0, 0.05) is 17.0 Å². The van der Waals surface area contributed by atoms with E-state index in [1.54, 1.807) is 0 Å². The van der Waals surface area contributed by atoms with Crippen molar-refractivity contribution in [1.82, 2.24) is 4.98 Å². The summed E-state index contributed by atoms with van der Waals surface area (Å²) in [5, 5.41) is 28.4. The van der Waals surface area contributed by atoms with Crippen LogP contribution in [0, 0.1) is 0 Å². The third-order valence-corrected chi connectivity index (χ3v) is 5.35. The predicted molar refractivity (Wildman–Crippen MR) is 85.2 cm³/mol. The molecule has 0 spiro atoms.